The molecule has 0 saturated carbocycles. The Balaban J connectivity index is 2.94. The fraction of sp³-hybridized carbons (Fsp3) is 0.333. The molecule has 1 aromatic rings. The lowest BCUT2D eigenvalue weighted by molar-refractivity contribution is -0.169. The Morgan fingerprint density at radius 3 is 1.95 bits per heavy atom. The molecule has 0 radical (unpaired) electrons. The zero-order valence-corrected chi connectivity index (χ0v) is 10.1. The smallest absolute Gasteiger partial charge is 0.430 e. The van der Waals surface area contributed by atoms with Crippen molar-refractivity contribution in [2.45, 2.75) is 18.9 Å². The summed E-state index contributed by atoms with van der Waals surface area (Å²) in [5.41, 5.74) is -2.32. The summed E-state index contributed by atoms with van der Waals surface area (Å²) in [6.07, 6.45) is -11.1. The lowest BCUT2D eigenvalue weighted by atomic mass is 10.2. The van der Waals surface area contributed by atoms with Crippen LogP contribution in [-0.2, 0) is 6.54 Å². The molecule has 0 spiro atoms. The molecular weight excluding hydrogens is 288 g/mol. The number of aliphatic imine (C=N–C) groups is 1. The number of hydrogen-bond acceptors (Lipinski definition) is 2. The molecule has 0 unspecified atom stereocenters. The molecule has 1 rings (SSSR count). The summed E-state index contributed by atoms with van der Waals surface area (Å²) in [6, 6.07) is 5.99. The van der Waals surface area contributed by atoms with E-state index >= 15 is 0 Å². The summed E-state index contributed by atoms with van der Waals surface area (Å²) in [7, 11) is 1.43. The lowest BCUT2D eigenvalue weighted by Gasteiger charge is -2.11. The first-order chi connectivity index (χ1) is 9.14. The van der Waals surface area contributed by atoms with Gasteiger partial charge in [-0.1, -0.05) is 12.1 Å². The van der Waals surface area contributed by atoms with E-state index in [1.807, 2.05) is 0 Å². The normalized spacial score (nSPS) is 11.8. The van der Waals surface area contributed by atoms with Gasteiger partial charge in [0.1, 0.15) is 5.75 Å². The average Bonchev–Trinajstić information content (AvgIpc) is 2.32. The first-order valence-corrected chi connectivity index (χ1v) is 5.21. The monoisotopic (exact) mass is 297 g/mol. The van der Waals surface area contributed by atoms with Crippen LogP contribution in [0.25, 0.3) is 0 Å². The third-order valence-corrected chi connectivity index (χ3v) is 2.18. The van der Waals surface area contributed by atoms with Gasteiger partial charge in [-0.05, 0) is 23.6 Å². The predicted molar refractivity (Wildman–Crippen MR) is 59.8 cm³/mol. The van der Waals surface area contributed by atoms with Gasteiger partial charge in [-0.15, -0.1) is 0 Å². The quantitative estimate of drug-likeness (QED) is 0.612. The summed E-state index contributed by atoms with van der Waals surface area (Å²) in [5.74, 6) is 1.55. The van der Waals surface area contributed by atoms with E-state index in [0.717, 1.165) is 5.87 Å². The first kappa shape index (κ1) is 16.1. The van der Waals surface area contributed by atoms with Gasteiger partial charge in [-0.3, -0.25) is 0 Å². The minimum atomic E-state index is -5.54. The maximum Gasteiger partial charge on any atom is 0.430 e. The van der Waals surface area contributed by atoms with Crippen molar-refractivity contribution in [1.29, 1.82) is 0 Å². The Hall–Kier alpha value is -1.95. The summed E-state index contributed by atoms with van der Waals surface area (Å²) in [4.78, 5) is 3.06. The van der Waals surface area contributed by atoms with Crippen LogP contribution in [0.15, 0.2) is 34.8 Å². The van der Waals surface area contributed by atoms with Gasteiger partial charge in [-0.2, -0.15) is 26.3 Å². The predicted octanol–water partition coefficient (Wildman–Crippen LogP) is 3.92. The Kier molecular flexibility index (Phi) is 4.83. The minimum absolute atomic E-state index is 0.348. The van der Waals surface area contributed by atoms with E-state index in [2.05, 4.69) is 4.99 Å². The maximum absolute atomic E-state index is 12.1. The van der Waals surface area contributed by atoms with Crippen LogP contribution in [0, 0.1) is 0 Å². The van der Waals surface area contributed by atoms with Gasteiger partial charge < -0.3 is 4.74 Å². The summed E-state index contributed by atoms with van der Waals surface area (Å²) >= 11 is 0. The van der Waals surface area contributed by atoms with E-state index in [-0.39, 0.29) is 6.54 Å². The van der Waals surface area contributed by atoms with Crippen molar-refractivity contribution in [3.8, 4) is 5.75 Å². The molecule has 20 heavy (non-hydrogen) atoms. The standard InChI is InChI=1S/C12H9F6NO/c1-20-9-4-2-8(3-5-9)6-19-7-10(11(13,14)15)12(16,17)18/h2-5H,6H2,1H3. The van der Waals surface area contributed by atoms with E-state index in [0.29, 0.717) is 11.3 Å². The topological polar surface area (TPSA) is 21.6 Å². The highest BCUT2D eigenvalue weighted by atomic mass is 19.4. The molecule has 0 heterocycles. The van der Waals surface area contributed by atoms with Crippen LogP contribution in [0.1, 0.15) is 5.56 Å². The molecule has 0 aromatic heterocycles. The van der Waals surface area contributed by atoms with Crippen molar-refractivity contribution in [3.05, 3.63) is 35.4 Å². The van der Waals surface area contributed by atoms with Crippen molar-refractivity contribution in [3.63, 3.8) is 0 Å². The van der Waals surface area contributed by atoms with Gasteiger partial charge in [0.05, 0.1) is 13.7 Å². The van der Waals surface area contributed by atoms with Gasteiger partial charge in [0.15, 0.2) is 5.57 Å². The maximum atomic E-state index is 12.1. The molecule has 0 saturated heterocycles. The zero-order valence-electron chi connectivity index (χ0n) is 10.1. The van der Waals surface area contributed by atoms with Gasteiger partial charge in [0.25, 0.3) is 0 Å². The van der Waals surface area contributed by atoms with E-state index < -0.39 is 17.9 Å². The molecule has 0 atom stereocenters. The Labute approximate surface area is 110 Å². The largest absolute Gasteiger partial charge is 0.497 e. The Morgan fingerprint density at radius 2 is 1.55 bits per heavy atom. The van der Waals surface area contributed by atoms with Gasteiger partial charge >= 0.3 is 12.4 Å². The number of halogens is 6. The SMILES string of the molecule is COc1ccc(CN=C=C(C(F)(F)F)C(F)(F)F)cc1. The number of allylic oxidation sites excluding steroid dienone is 1. The second kappa shape index (κ2) is 6.00. The third kappa shape index (κ3) is 4.62. The van der Waals surface area contributed by atoms with Crippen molar-refractivity contribution in [1.82, 2.24) is 0 Å². The second-order valence-electron chi connectivity index (χ2n) is 3.65. The van der Waals surface area contributed by atoms with Crippen LogP contribution in [0.5, 0.6) is 5.75 Å². The molecule has 0 bridgehead atoms. The molecule has 110 valence electrons. The van der Waals surface area contributed by atoms with E-state index in [1.54, 1.807) is 0 Å². The Morgan fingerprint density at radius 1 is 1.05 bits per heavy atom. The van der Waals surface area contributed by atoms with E-state index in [1.165, 1.54) is 31.4 Å². The summed E-state index contributed by atoms with van der Waals surface area (Å²) < 4.78 is 77.7. The second-order valence-corrected chi connectivity index (χ2v) is 3.65. The number of ether oxygens (including phenoxy) is 1. The highest BCUT2D eigenvalue weighted by molar-refractivity contribution is 5.61. The molecule has 2 nitrogen and oxygen atoms in total. The highest BCUT2D eigenvalue weighted by Gasteiger charge is 2.51. The number of alkyl halides is 6. The fourth-order valence-electron chi connectivity index (χ4n) is 1.23. The van der Waals surface area contributed by atoms with Gasteiger partial charge in [0, 0.05) is 0 Å². The molecule has 0 N–H and O–H groups in total. The molecule has 0 fully saturated rings. The summed E-state index contributed by atoms with van der Waals surface area (Å²) in [5, 5.41) is 0. The van der Waals surface area contributed by atoms with Crippen LogP contribution in [0.3, 0.4) is 0 Å². The van der Waals surface area contributed by atoms with Crippen LogP contribution in [0.2, 0.25) is 0 Å². The van der Waals surface area contributed by atoms with Gasteiger partial charge in [-0.25, -0.2) is 4.99 Å². The molecular formula is C12H9F6NO. The summed E-state index contributed by atoms with van der Waals surface area (Å²) in [6.45, 7) is -0.348. The fourth-order valence-corrected chi connectivity index (χ4v) is 1.23. The lowest BCUT2D eigenvalue weighted by Crippen LogP contribution is -2.26. The van der Waals surface area contributed by atoms with Crippen molar-refractivity contribution >= 4 is 5.87 Å². The number of methoxy groups -OCH3 is 1. The van der Waals surface area contributed by atoms with Crippen molar-refractivity contribution < 1.29 is 31.1 Å². The number of rotatable bonds is 3. The first-order valence-electron chi connectivity index (χ1n) is 5.21. The van der Waals surface area contributed by atoms with Crippen LogP contribution in [-0.4, -0.2) is 25.3 Å². The molecule has 0 amide bonds. The number of hydrogen-bond donors (Lipinski definition) is 0. The van der Waals surface area contributed by atoms with E-state index in [4.69, 9.17) is 4.74 Å². The molecule has 0 aliphatic heterocycles. The molecule has 0 aliphatic rings. The number of nitrogens with zero attached hydrogens (tertiary/aromatic N) is 1. The van der Waals surface area contributed by atoms with Crippen molar-refractivity contribution in [2.24, 2.45) is 4.99 Å². The molecule has 0 aliphatic carbocycles. The average molecular weight is 297 g/mol. The number of benzene rings is 1. The molecule has 1 aromatic carbocycles. The minimum Gasteiger partial charge on any atom is -0.497 e. The van der Waals surface area contributed by atoms with Crippen LogP contribution >= 0.6 is 0 Å². The highest BCUT2D eigenvalue weighted by Crippen LogP contribution is 2.36. The zero-order chi connectivity index (χ0) is 15.4. The van der Waals surface area contributed by atoms with Crippen molar-refractivity contribution in [2.75, 3.05) is 7.11 Å². The Bertz CT molecular complexity index is 492. The molecule has 8 heteroatoms. The van der Waals surface area contributed by atoms with E-state index in [9.17, 15) is 26.3 Å². The van der Waals surface area contributed by atoms with Crippen LogP contribution in [0.4, 0.5) is 26.3 Å². The van der Waals surface area contributed by atoms with Crippen LogP contribution < -0.4 is 4.74 Å². The third-order valence-electron chi connectivity index (χ3n) is 2.18. The van der Waals surface area contributed by atoms with Gasteiger partial charge in [0.2, 0.25) is 0 Å².